The lowest BCUT2D eigenvalue weighted by molar-refractivity contribution is -0.117. The van der Waals surface area contributed by atoms with Gasteiger partial charge in [0.25, 0.3) is 0 Å². The zero-order valence-corrected chi connectivity index (χ0v) is 12.9. The monoisotopic (exact) mass is 298 g/mol. The number of pyridine rings is 1. The van der Waals surface area contributed by atoms with Crippen molar-refractivity contribution in [3.63, 3.8) is 0 Å². The van der Waals surface area contributed by atoms with Crippen LogP contribution in [-0.2, 0) is 18.4 Å². The van der Waals surface area contributed by atoms with E-state index in [1.807, 2.05) is 27.1 Å². The molecule has 22 heavy (non-hydrogen) atoms. The van der Waals surface area contributed by atoms with Crippen molar-refractivity contribution in [3.8, 4) is 11.3 Å². The minimum Gasteiger partial charge on any atom is -0.365 e. The van der Waals surface area contributed by atoms with Gasteiger partial charge in [-0.3, -0.25) is 4.79 Å². The maximum absolute atomic E-state index is 12.1. The van der Waals surface area contributed by atoms with Gasteiger partial charge in [-0.05, 0) is 25.8 Å². The summed E-state index contributed by atoms with van der Waals surface area (Å²) in [6.45, 7) is 2.59. The maximum atomic E-state index is 12.1. The molecule has 0 bridgehead atoms. The van der Waals surface area contributed by atoms with Crippen molar-refractivity contribution in [3.05, 3.63) is 17.5 Å². The van der Waals surface area contributed by atoms with Gasteiger partial charge >= 0.3 is 0 Å². The number of hydrogen-bond donors (Lipinski definition) is 1. The molecule has 1 amide bonds. The molecule has 2 aromatic rings. The van der Waals surface area contributed by atoms with Crippen LogP contribution in [0.5, 0.6) is 0 Å². The molecule has 2 aromatic heterocycles. The number of rotatable bonds is 2. The predicted molar refractivity (Wildman–Crippen MR) is 82.4 cm³/mol. The third-order valence-corrected chi connectivity index (χ3v) is 4.12. The Labute approximate surface area is 128 Å². The minimum absolute atomic E-state index is 0.0682. The first-order valence-electron chi connectivity index (χ1n) is 7.47. The first-order chi connectivity index (χ1) is 10.5. The number of amides is 1. The fraction of sp³-hybridized carbons (Fsp3) is 0.467. The second-order valence-electron chi connectivity index (χ2n) is 6.11. The Kier molecular flexibility index (Phi) is 2.72. The van der Waals surface area contributed by atoms with E-state index in [-0.39, 0.29) is 11.8 Å². The van der Waals surface area contributed by atoms with Crippen LogP contribution in [0.4, 0.5) is 11.5 Å². The smallest absolute Gasteiger partial charge is 0.228 e. The molecule has 0 unspecified atom stereocenters. The molecule has 0 spiro atoms. The molecule has 1 aliphatic carbocycles. The first kappa shape index (κ1) is 13.2. The summed E-state index contributed by atoms with van der Waals surface area (Å²) in [4.78, 5) is 20.3. The summed E-state index contributed by atoms with van der Waals surface area (Å²) in [5.41, 5.74) is 4.59. The van der Waals surface area contributed by atoms with Crippen molar-refractivity contribution < 1.29 is 4.79 Å². The van der Waals surface area contributed by atoms with Gasteiger partial charge in [0.1, 0.15) is 11.4 Å². The second-order valence-corrected chi connectivity index (χ2v) is 6.11. The van der Waals surface area contributed by atoms with Crippen LogP contribution in [0.15, 0.2) is 6.07 Å². The molecule has 7 nitrogen and oxygen atoms in total. The highest BCUT2D eigenvalue weighted by molar-refractivity contribution is 5.99. The van der Waals surface area contributed by atoms with E-state index in [2.05, 4.69) is 25.4 Å². The Morgan fingerprint density at radius 1 is 1.32 bits per heavy atom. The van der Waals surface area contributed by atoms with E-state index in [1.165, 1.54) is 0 Å². The topological polar surface area (TPSA) is 75.9 Å². The molecule has 4 rings (SSSR count). The number of fused-ring (bicyclic) bond motifs is 3. The molecule has 0 atom stereocenters. The number of nitrogens with zero attached hydrogens (tertiary/aromatic N) is 5. The number of carbonyl (C=O) groups is 1. The van der Waals surface area contributed by atoms with Crippen molar-refractivity contribution >= 4 is 17.4 Å². The van der Waals surface area contributed by atoms with Gasteiger partial charge in [0.05, 0.1) is 12.2 Å². The maximum Gasteiger partial charge on any atom is 0.228 e. The average Bonchev–Trinajstić information content (AvgIpc) is 3.21. The van der Waals surface area contributed by atoms with E-state index < -0.39 is 0 Å². The number of aromatic nitrogens is 4. The number of hydrogen-bond acceptors (Lipinski definition) is 5. The number of nitrogens with one attached hydrogen (secondary N) is 1. The van der Waals surface area contributed by atoms with E-state index in [1.54, 1.807) is 4.80 Å². The molecule has 1 saturated carbocycles. The molecular weight excluding hydrogens is 280 g/mol. The van der Waals surface area contributed by atoms with Crippen LogP contribution in [-0.4, -0.2) is 32.9 Å². The number of aryl methyl sites for hydroxylation is 2. The summed E-state index contributed by atoms with van der Waals surface area (Å²) < 4.78 is 0. The molecule has 7 heteroatoms. The molecular formula is C15H18N6O. The van der Waals surface area contributed by atoms with Crippen LogP contribution in [0.3, 0.4) is 0 Å². The van der Waals surface area contributed by atoms with Gasteiger partial charge in [-0.25, -0.2) is 4.98 Å². The summed E-state index contributed by atoms with van der Waals surface area (Å²) >= 11 is 0. The molecule has 0 saturated heterocycles. The van der Waals surface area contributed by atoms with Gasteiger partial charge in [-0.2, -0.15) is 15.0 Å². The lowest BCUT2D eigenvalue weighted by Gasteiger charge is -2.28. The van der Waals surface area contributed by atoms with Gasteiger partial charge in [-0.1, -0.05) is 0 Å². The standard InChI is InChI=1S/C15H18N6O/c1-8-6-10-12-11(18-21(3)19-12)7-20(2)13(10)14(16-8)17-15(22)9-4-5-9/h6,9H,4-5,7H2,1-3H3,(H,16,17,22). The highest BCUT2D eigenvalue weighted by atomic mass is 16.2. The lowest BCUT2D eigenvalue weighted by Crippen LogP contribution is -2.25. The van der Waals surface area contributed by atoms with Crippen molar-refractivity contribution in [2.24, 2.45) is 13.0 Å². The summed E-state index contributed by atoms with van der Waals surface area (Å²) in [5.74, 6) is 0.850. The van der Waals surface area contributed by atoms with Crippen LogP contribution < -0.4 is 10.2 Å². The van der Waals surface area contributed by atoms with E-state index in [4.69, 9.17) is 0 Å². The Morgan fingerprint density at radius 2 is 2.09 bits per heavy atom. The Balaban J connectivity index is 1.84. The number of carbonyl (C=O) groups excluding carboxylic acids is 1. The SMILES string of the molecule is Cc1cc2c(c(NC(=O)C3CC3)n1)N(C)Cc1nn(C)nc1-2. The normalized spacial score (nSPS) is 16.2. The van der Waals surface area contributed by atoms with Gasteiger partial charge < -0.3 is 10.2 Å². The average molecular weight is 298 g/mol. The van der Waals surface area contributed by atoms with Gasteiger partial charge in [0.15, 0.2) is 5.82 Å². The predicted octanol–water partition coefficient (Wildman–Crippen LogP) is 1.48. The van der Waals surface area contributed by atoms with Crippen LogP contribution >= 0.6 is 0 Å². The largest absolute Gasteiger partial charge is 0.365 e. The van der Waals surface area contributed by atoms with Crippen LogP contribution in [0, 0.1) is 12.8 Å². The molecule has 3 heterocycles. The molecule has 1 aliphatic heterocycles. The summed E-state index contributed by atoms with van der Waals surface area (Å²) in [6.07, 6.45) is 1.95. The fourth-order valence-corrected chi connectivity index (χ4v) is 2.95. The number of anilines is 2. The van der Waals surface area contributed by atoms with E-state index in [0.717, 1.165) is 41.2 Å². The highest BCUT2D eigenvalue weighted by Gasteiger charge is 2.32. The van der Waals surface area contributed by atoms with Crippen LogP contribution in [0.1, 0.15) is 24.2 Å². The second kappa shape index (κ2) is 4.53. The quantitative estimate of drug-likeness (QED) is 0.909. The Bertz CT molecular complexity index is 777. The Hall–Kier alpha value is -2.44. The van der Waals surface area contributed by atoms with E-state index in [9.17, 15) is 4.79 Å². The van der Waals surface area contributed by atoms with E-state index in [0.29, 0.717) is 12.4 Å². The molecule has 1 N–H and O–H groups in total. The summed E-state index contributed by atoms with van der Waals surface area (Å²) in [7, 11) is 3.81. The fourth-order valence-electron chi connectivity index (χ4n) is 2.95. The minimum atomic E-state index is 0.0682. The van der Waals surface area contributed by atoms with Gasteiger partial charge in [0, 0.05) is 31.3 Å². The van der Waals surface area contributed by atoms with Crippen LogP contribution in [0.25, 0.3) is 11.3 Å². The first-order valence-corrected chi connectivity index (χ1v) is 7.47. The van der Waals surface area contributed by atoms with Crippen LogP contribution in [0.2, 0.25) is 0 Å². The zero-order valence-electron chi connectivity index (χ0n) is 12.9. The summed E-state index contributed by atoms with van der Waals surface area (Å²) in [6, 6.07) is 2.01. The third-order valence-electron chi connectivity index (χ3n) is 4.12. The van der Waals surface area contributed by atoms with Gasteiger partial charge in [0.2, 0.25) is 5.91 Å². The van der Waals surface area contributed by atoms with E-state index >= 15 is 0 Å². The van der Waals surface area contributed by atoms with Crippen molar-refractivity contribution in [2.45, 2.75) is 26.3 Å². The molecule has 0 radical (unpaired) electrons. The van der Waals surface area contributed by atoms with Crippen molar-refractivity contribution in [1.82, 2.24) is 20.0 Å². The molecule has 1 fully saturated rings. The summed E-state index contributed by atoms with van der Waals surface area (Å²) in [5, 5.41) is 11.9. The van der Waals surface area contributed by atoms with Crippen molar-refractivity contribution in [2.75, 3.05) is 17.3 Å². The molecule has 0 aromatic carbocycles. The third kappa shape index (κ3) is 2.04. The van der Waals surface area contributed by atoms with Crippen molar-refractivity contribution in [1.29, 1.82) is 0 Å². The molecule has 2 aliphatic rings. The zero-order chi connectivity index (χ0) is 15.4. The molecule has 114 valence electrons. The lowest BCUT2D eigenvalue weighted by atomic mass is 10.0. The highest BCUT2D eigenvalue weighted by Crippen LogP contribution is 2.41. The Morgan fingerprint density at radius 3 is 2.82 bits per heavy atom. The van der Waals surface area contributed by atoms with Gasteiger partial charge in [-0.15, -0.1) is 0 Å².